The van der Waals surface area contributed by atoms with Gasteiger partial charge in [-0.3, -0.25) is 4.79 Å². The van der Waals surface area contributed by atoms with Crippen LogP contribution in [0.15, 0.2) is 24.3 Å². The summed E-state index contributed by atoms with van der Waals surface area (Å²) in [6.45, 7) is 2.91. The highest BCUT2D eigenvalue weighted by molar-refractivity contribution is 5.67. The lowest BCUT2D eigenvalue weighted by atomic mass is 9.99. The molecule has 118 valence electrons. The van der Waals surface area contributed by atoms with Gasteiger partial charge in [-0.1, -0.05) is 12.1 Å². The molecule has 0 radical (unpaired) electrons. The molecule has 0 spiro atoms. The molecule has 0 fully saturated rings. The van der Waals surface area contributed by atoms with Crippen molar-refractivity contribution in [3.8, 4) is 5.75 Å². The van der Waals surface area contributed by atoms with Crippen LogP contribution in [0, 0.1) is 0 Å². The average Bonchev–Trinajstić information content (AvgIpc) is 2.46. The molecule has 1 aromatic carbocycles. The third-order valence-corrected chi connectivity index (χ3v) is 3.05. The highest BCUT2D eigenvalue weighted by Gasteiger charge is 2.23. The van der Waals surface area contributed by atoms with E-state index in [9.17, 15) is 9.90 Å². The van der Waals surface area contributed by atoms with Gasteiger partial charge in [-0.2, -0.15) is 0 Å². The minimum Gasteiger partial charge on any atom is -0.494 e. The fraction of sp³-hybridized carbons (Fsp3) is 0.533. The van der Waals surface area contributed by atoms with E-state index in [1.54, 1.807) is 24.3 Å². The summed E-state index contributed by atoms with van der Waals surface area (Å²) in [7, 11) is 0. The van der Waals surface area contributed by atoms with Crippen molar-refractivity contribution in [2.24, 2.45) is 0 Å². The molecule has 6 heteroatoms. The molecule has 0 saturated heterocycles. The number of aliphatic hydroxyl groups is 2. The molecule has 21 heavy (non-hydrogen) atoms. The van der Waals surface area contributed by atoms with Crippen LogP contribution < -0.4 is 10.1 Å². The second kappa shape index (κ2) is 9.33. The number of hydrogen-bond donors (Lipinski definition) is 4. The molecular weight excluding hydrogens is 274 g/mol. The van der Waals surface area contributed by atoms with Crippen LogP contribution in [0.5, 0.6) is 5.75 Å². The number of nitrogens with one attached hydrogen (secondary N) is 1. The van der Waals surface area contributed by atoms with E-state index in [1.165, 1.54) is 0 Å². The van der Waals surface area contributed by atoms with Crippen molar-refractivity contribution in [1.29, 1.82) is 0 Å². The van der Waals surface area contributed by atoms with E-state index >= 15 is 0 Å². The zero-order chi connectivity index (χ0) is 15.7. The van der Waals surface area contributed by atoms with Gasteiger partial charge in [-0.15, -0.1) is 0 Å². The lowest BCUT2D eigenvalue weighted by molar-refractivity contribution is -0.138. The van der Waals surface area contributed by atoms with Crippen LogP contribution >= 0.6 is 0 Å². The number of benzene rings is 1. The summed E-state index contributed by atoms with van der Waals surface area (Å²) < 4.78 is 5.33. The van der Waals surface area contributed by atoms with Gasteiger partial charge in [0.1, 0.15) is 5.75 Å². The Kier molecular flexibility index (Phi) is 7.74. The maximum Gasteiger partial charge on any atom is 0.305 e. The Hall–Kier alpha value is -1.63. The Balaban J connectivity index is 2.72. The summed E-state index contributed by atoms with van der Waals surface area (Å²) in [5.74, 6) is -0.280. The number of aliphatic hydroxyl groups excluding tert-OH is 2. The summed E-state index contributed by atoms with van der Waals surface area (Å²) in [5.41, 5.74) is 0.626. The molecule has 0 aliphatic heterocycles. The first-order chi connectivity index (χ1) is 10.1. The lowest BCUT2D eigenvalue weighted by Gasteiger charge is -2.23. The fourth-order valence-corrected chi connectivity index (χ4v) is 2.01. The van der Waals surface area contributed by atoms with Crippen molar-refractivity contribution in [3.05, 3.63) is 29.8 Å². The molecule has 6 nitrogen and oxygen atoms in total. The van der Waals surface area contributed by atoms with Gasteiger partial charge < -0.3 is 25.4 Å². The van der Waals surface area contributed by atoms with Gasteiger partial charge in [0, 0.05) is 12.6 Å². The van der Waals surface area contributed by atoms with E-state index in [0.29, 0.717) is 30.9 Å². The summed E-state index contributed by atoms with van der Waals surface area (Å²) in [4.78, 5) is 10.9. The van der Waals surface area contributed by atoms with Crippen LogP contribution in [-0.4, -0.2) is 47.1 Å². The summed E-state index contributed by atoms with van der Waals surface area (Å²) in [5, 5.41) is 31.0. The first-order valence-electron chi connectivity index (χ1n) is 7.05. The van der Waals surface area contributed by atoms with Crippen molar-refractivity contribution in [2.45, 2.75) is 31.9 Å². The second-order valence-corrected chi connectivity index (χ2v) is 4.68. The van der Waals surface area contributed by atoms with E-state index in [4.69, 9.17) is 14.9 Å². The number of aliphatic carboxylic acids is 1. The van der Waals surface area contributed by atoms with E-state index in [0.717, 1.165) is 0 Å². The Morgan fingerprint density at radius 2 is 2.00 bits per heavy atom. The van der Waals surface area contributed by atoms with E-state index in [1.807, 2.05) is 6.92 Å². The molecule has 4 N–H and O–H groups in total. The van der Waals surface area contributed by atoms with Crippen molar-refractivity contribution in [3.63, 3.8) is 0 Å². The quantitative estimate of drug-likeness (QED) is 0.480. The monoisotopic (exact) mass is 297 g/mol. The van der Waals surface area contributed by atoms with Crippen molar-refractivity contribution in [2.75, 3.05) is 19.8 Å². The Morgan fingerprint density at radius 1 is 1.33 bits per heavy atom. The molecule has 0 amide bonds. The molecule has 0 aromatic heterocycles. The molecule has 0 aliphatic carbocycles. The van der Waals surface area contributed by atoms with Gasteiger partial charge in [0.25, 0.3) is 0 Å². The smallest absolute Gasteiger partial charge is 0.305 e. The number of hydrogen-bond acceptors (Lipinski definition) is 5. The minimum absolute atomic E-state index is 0.0198. The summed E-state index contributed by atoms with van der Waals surface area (Å²) in [6.07, 6.45) is -0.623. The van der Waals surface area contributed by atoms with Crippen molar-refractivity contribution in [1.82, 2.24) is 5.32 Å². The molecule has 0 saturated carbocycles. The molecule has 1 rings (SSSR count). The number of rotatable bonds is 10. The van der Waals surface area contributed by atoms with Crippen LogP contribution in [0.4, 0.5) is 0 Å². The highest BCUT2D eigenvalue weighted by atomic mass is 16.5. The Bertz CT molecular complexity index is 421. The predicted octanol–water partition coefficient (Wildman–Crippen LogP) is 0.934. The summed E-state index contributed by atoms with van der Waals surface area (Å²) >= 11 is 0. The van der Waals surface area contributed by atoms with Gasteiger partial charge in [0.2, 0.25) is 0 Å². The SMILES string of the molecule is CCOc1ccc(C(O)C(CC(=O)O)NCCCO)cc1. The van der Waals surface area contributed by atoms with Gasteiger partial charge >= 0.3 is 5.97 Å². The number of ether oxygens (including phenoxy) is 1. The van der Waals surface area contributed by atoms with Gasteiger partial charge in [-0.25, -0.2) is 0 Å². The largest absolute Gasteiger partial charge is 0.494 e. The lowest BCUT2D eigenvalue weighted by Crippen LogP contribution is -2.37. The zero-order valence-electron chi connectivity index (χ0n) is 12.2. The fourth-order valence-electron chi connectivity index (χ4n) is 2.01. The third-order valence-electron chi connectivity index (χ3n) is 3.05. The normalized spacial score (nSPS) is 13.7. The minimum atomic E-state index is -0.985. The van der Waals surface area contributed by atoms with Crippen LogP contribution in [0.25, 0.3) is 0 Å². The maximum atomic E-state index is 10.9. The number of carbonyl (C=O) groups is 1. The summed E-state index contributed by atoms with van der Waals surface area (Å²) in [6, 6.07) is 6.32. The van der Waals surface area contributed by atoms with Crippen LogP contribution in [-0.2, 0) is 4.79 Å². The average molecular weight is 297 g/mol. The standard InChI is InChI=1S/C15H23NO5/c1-2-21-12-6-4-11(5-7-12)15(20)13(10-14(18)19)16-8-3-9-17/h4-7,13,15-17,20H,2-3,8-10H2,1H3,(H,18,19). The molecule has 2 atom stereocenters. The maximum absolute atomic E-state index is 10.9. The predicted molar refractivity (Wildman–Crippen MR) is 78.3 cm³/mol. The topological polar surface area (TPSA) is 99.0 Å². The molecule has 0 bridgehead atoms. The molecule has 1 aromatic rings. The van der Waals surface area contributed by atoms with Gasteiger partial charge in [-0.05, 0) is 37.6 Å². The van der Waals surface area contributed by atoms with Gasteiger partial charge in [0.15, 0.2) is 0 Å². The first kappa shape index (κ1) is 17.4. The first-order valence-corrected chi connectivity index (χ1v) is 7.05. The van der Waals surface area contributed by atoms with E-state index < -0.39 is 18.1 Å². The van der Waals surface area contributed by atoms with Crippen LogP contribution in [0.1, 0.15) is 31.4 Å². The van der Waals surface area contributed by atoms with E-state index in [-0.39, 0.29) is 13.0 Å². The molecule has 0 heterocycles. The molecular formula is C15H23NO5. The number of carboxylic acids is 1. The van der Waals surface area contributed by atoms with Crippen LogP contribution in [0.2, 0.25) is 0 Å². The van der Waals surface area contributed by atoms with E-state index in [2.05, 4.69) is 5.32 Å². The molecule has 2 unspecified atom stereocenters. The van der Waals surface area contributed by atoms with Crippen molar-refractivity contribution < 1.29 is 24.9 Å². The number of carboxylic acid groups (broad SMARTS) is 1. The zero-order valence-corrected chi connectivity index (χ0v) is 12.2. The second-order valence-electron chi connectivity index (χ2n) is 4.68. The molecule has 0 aliphatic rings. The Morgan fingerprint density at radius 3 is 2.52 bits per heavy atom. The van der Waals surface area contributed by atoms with Crippen LogP contribution in [0.3, 0.4) is 0 Å². The Labute approximate surface area is 124 Å². The van der Waals surface area contributed by atoms with Gasteiger partial charge in [0.05, 0.1) is 19.1 Å². The van der Waals surface area contributed by atoms with Crippen molar-refractivity contribution >= 4 is 5.97 Å². The third kappa shape index (κ3) is 6.12. The highest BCUT2D eigenvalue weighted by Crippen LogP contribution is 2.22.